The lowest BCUT2D eigenvalue weighted by Gasteiger charge is -2.42. The molecule has 0 radical (unpaired) electrons. The van der Waals surface area contributed by atoms with Crippen molar-refractivity contribution in [1.29, 1.82) is 0 Å². The molecular formula is C31H34N6O3. The zero-order chi connectivity index (χ0) is 27.9. The van der Waals surface area contributed by atoms with Crippen molar-refractivity contribution in [3.8, 4) is 11.3 Å². The van der Waals surface area contributed by atoms with E-state index in [9.17, 15) is 9.59 Å². The van der Waals surface area contributed by atoms with Gasteiger partial charge in [0.15, 0.2) is 5.78 Å². The maximum absolute atomic E-state index is 13.2. The summed E-state index contributed by atoms with van der Waals surface area (Å²) in [5, 5.41) is 0. The Bertz CT molecular complexity index is 1570. The number of rotatable bonds is 7. The number of aromatic nitrogens is 4. The third-order valence-electron chi connectivity index (χ3n) is 8.15. The first-order valence-electron chi connectivity index (χ1n) is 13.9. The molecule has 9 heteroatoms. The number of piperidine rings is 1. The monoisotopic (exact) mass is 538 g/mol. The van der Waals surface area contributed by atoms with E-state index in [2.05, 4.69) is 16.9 Å². The van der Waals surface area contributed by atoms with Gasteiger partial charge in [0, 0.05) is 54.4 Å². The van der Waals surface area contributed by atoms with Crippen LogP contribution >= 0.6 is 0 Å². The number of anilines is 1. The third kappa shape index (κ3) is 4.75. The number of likely N-dealkylation sites (tertiary alicyclic amines) is 1. The van der Waals surface area contributed by atoms with Crippen LogP contribution in [0.2, 0.25) is 0 Å². The molecule has 206 valence electrons. The summed E-state index contributed by atoms with van der Waals surface area (Å²) in [7, 11) is 0. The van der Waals surface area contributed by atoms with Gasteiger partial charge in [-0.3, -0.25) is 19.0 Å². The van der Waals surface area contributed by atoms with Crippen molar-refractivity contribution in [1.82, 2.24) is 24.3 Å². The van der Waals surface area contributed by atoms with E-state index >= 15 is 0 Å². The van der Waals surface area contributed by atoms with Crippen LogP contribution in [0.25, 0.3) is 16.8 Å². The van der Waals surface area contributed by atoms with Gasteiger partial charge in [0.1, 0.15) is 22.9 Å². The molecule has 2 aliphatic heterocycles. The van der Waals surface area contributed by atoms with Crippen LogP contribution in [-0.2, 0) is 22.4 Å². The SMILES string of the molecule is CCc1ccnc(CC(=O)c2ccc(-c3nc([C@@H]4CCCN(C(=O)C5(C)COC5)C4)n4ccnc(N)c34)cc2)c1. The molecule has 2 fully saturated rings. The fourth-order valence-electron chi connectivity index (χ4n) is 5.79. The Balaban J connectivity index is 1.27. The van der Waals surface area contributed by atoms with Crippen molar-refractivity contribution in [2.75, 3.05) is 32.0 Å². The van der Waals surface area contributed by atoms with Crippen LogP contribution in [0.3, 0.4) is 0 Å². The molecular weight excluding hydrogens is 504 g/mol. The number of ketones is 1. The molecule has 1 atom stereocenters. The average molecular weight is 539 g/mol. The summed E-state index contributed by atoms with van der Waals surface area (Å²) in [6, 6.07) is 11.5. The highest BCUT2D eigenvalue weighted by atomic mass is 16.5. The zero-order valence-corrected chi connectivity index (χ0v) is 23.0. The van der Waals surface area contributed by atoms with E-state index in [1.165, 1.54) is 5.56 Å². The van der Waals surface area contributed by atoms with Crippen molar-refractivity contribution < 1.29 is 14.3 Å². The lowest BCUT2D eigenvalue weighted by Crippen LogP contribution is -2.55. The Morgan fingerprint density at radius 3 is 2.65 bits per heavy atom. The number of pyridine rings is 1. The summed E-state index contributed by atoms with van der Waals surface area (Å²) in [6.45, 7) is 6.37. The molecule has 2 saturated heterocycles. The number of Topliss-reactive ketones (excluding diaryl/α,β-unsaturated/α-hetero) is 1. The molecule has 3 aromatic heterocycles. The molecule has 0 aliphatic carbocycles. The Kier molecular flexibility index (Phi) is 6.83. The van der Waals surface area contributed by atoms with E-state index < -0.39 is 5.41 Å². The molecule has 40 heavy (non-hydrogen) atoms. The number of hydrogen-bond acceptors (Lipinski definition) is 7. The highest BCUT2D eigenvalue weighted by molar-refractivity contribution is 5.98. The number of nitrogens with zero attached hydrogens (tertiary/aromatic N) is 5. The molecule has 0 bridgehead atoms. The molecule has 1 aromatic carbocycles. The fraction of sp³-hybridized carbons (Fsp3) is 0.387. The van der Waals surface area contributed by atoms with Crippen molar-refractivity contribution in [2.45, 2.75) is 45.4 Å². The summed E-state index contributed by atoms with van der Waals surface area (Å²) in [5.41, 5.74) is 10.8. The number of carbonyl (C=O) groups is 2. The Morgan fingerprint density at radius 1 is 1.12 bits per heavy atom. The van der Waals surface area contributed by atoms with E-state index in [-0.39, 0.29) is 24.0 Å². The summed E-state index contributed by atoms with van der Waals surface area (Å²) < 4.78 is 7.35. The van der Waals surface area contributed by atoms with Crippen LogP contribution in [0.15, 0.2) is 55.0 Å². The number of nitrogens with two attached hydrogens (primary N) is 1. The molecule has 6 rings (SSSR count). The third-order valence-corrected chi connectivity index (χ3v) is 8.15. The van der Waals surface area contributed by atoms with Gasteiger partial charge in [0.05, 0.1) is 25.0 Å². The second kappa shape index (κ2) is 10.5. The number of hydrogen-bond donors (Lipinski definition) is 1. The van der Waals surface area contributed by atoms with Crippen LogP contribution in [0.5, 0.6) is 0 Å². The molecule has 5 heterocycles. The van der Waals surface area contributed by atoms with Gasteiger partial charge in [-0.15, -0.1) is 0 Å². The number of imidazole rings is 1. The van der Waals surface area contributed by atoms with E-state index in [1.54, 1.807) is 12.4 Å². The van der Waals surface area contributed by atoms with E-state index in [4.69, 9.17) is 15.5 Å². The number of fused-ring (bicyclic) bond motifs is 1. The standard InChI is InChI=1S/C31H34N6O3/c1-3-20-10-11-33-24(15-20)16-25(38)21-6-8-22(9-7-21)26-27-28(32)34-12-14-37(27)29(35-26)23-5-4-13-36(17-23)30(39)31(2)18-40-19-31/h6-12,14-15,23H,3-5,13,16-19H2,1-2H3,(H2,32,34)/t23-/m1/s1. The van der Waals surface area contributed by atoms with Crippen molar-refractivity contribution in [3.63, 3.8) is 0 Å². The van der Waals surface area contributed by atoms with Gasteiger partial charge in [-0.2, -0.15) is 0 Å². The molecule has 1 amide bonds. The molecule has 2 N–H and O–H groups in total. The highest BCUT2D eigenvalue weighted by Crippen LogP contribution is 2.36. The number of ether oxygens (including phenoxy) is 1. The lowest BCUT2D eigenvalue weighted by molar-refractivity contribution is -0.169. The fourth-order valence-corrected chi connectivity index (χ4v) is 5.79. The minimum absolute atomic E-state index is 0.0152. The first-order valence-corrected chi connectivity index (χ1v) is 13.9. The number of amides is 1. The van der Waals surface area contributed by atoms with Gasteiger partial charge in [-0.05, 0) is 43.9 Å². The summed E-state index contributed by atoms with van der Waals surface area (Å²) >= 11 is 0. The summed E-state index contributed by atoms with van der Waals surface area (Å²) in [5.74, 6) is 1.50. The van der Waals surface area contributed by atoms with E-state index in [0.29, 0.717) is 31.1 Å². The Hall–Kier alpha value is -4.11. The summed E-state index contributed by atoms with van der Waals surface area (Å²) in [4.78, 5) is 41.9. The number of carbonyl (C=O) groups excluding carboxylic acids is 2. The normalized spacial score (nSPS) is 18.4. The Labute approximate surface area is 233 Å². The lowest BCUT2D eigenvalue weighted by atomic mass is 9.85. The maximum Gasteiger partial charge on any atom is 0.233 e. The number of benzene rings is 1. The second-order valence-electron chi connectivity index (χ2n) is 11.2. The summed E-state index contributed by atoms with van der Waals surface area (Å²) in [6.07, 6.45) is 8.31. The highest BCUT2D eigenvalue weighted by Gasteiger charge is 2.44. The van der Waals surface area contributed by atoms with Gasteiger partial charge in [0.25, 0.3) is 0 Å². The molecule has 0 unspecified atom stereocenters. The topological polar surface area (TPSA) is 116 Å². The van der Waals surface area contributed by atoms with Gasteiger partial charge in [-0.1, -0.05) is 31.2 Å². The smallest absolute Gasteiger partial charge is 0.233 e. The van der Waals surface area contributed by atoms with Crippen LogP contribution in [0.4, 0.5) is 5.82 Å². The number of nitrogen functional groups attached to an aromatic ring is 1. The molecule has 4 aromatic rings. The quantitative estimate of drug-likeness (QED) is 0.352. The molecule has 0 spiro atoms. The van der Waals surface area contributed by atoms with Crippen LogP contribution in [0.1, 0.15) is 60.0 Å². The van der Waals surface area contributed by atoms with E-state index in [1.807, 2.05) is 58.8 Å². The minimum Gasteiger partial charge on any atom is -0.382 e. The molecule has 2 aliphatic rings. The van der Waals surface area contributed by atoms with Gasteiger partial charge in [0.2, 0.25) is 5.91 Å². The van der Waals surface area contributed by atoms with Crippen LogP contribution < -0.4 is 5.73 Å². The van der Waals surface area contributed by atoms with Gasteiger partial charge in [-0.25, -0.2) is 9.97 Å². The van der Waals surface area contributed by atoms with Gasteiger partial charge >= 0.3 is 0 Å². The first kappa shape index (κ1) is 26.1. The maximum atomic E-state index is 13.2. The largest absolute Gasteiger partial charge is 0.382 e. The molecule has 0 saturated carbocycles. The molecule has 9 nitrogen and oxygen atoms in total. The van der Waals surface area contributed by atoms with E-state index in [0.717, 1.165) is 54.1 Å². The van der Waals surface area contributed by atoms with Gasteiger partial charge < -0.3 is 15.4 Å². The average Bonchev–Trinajstić information content (AvgIpc) is 3.37. The van der Waals surface area contributed by atoms with Crippen LogP contribution in [0, 0.1) is 5.41 Å². The van der Waals surface area contributed by atoms with Crippen LogP contribution in [-0.4, -0.2) is 62.2 Å². The predicted molar refractivity (Wildman–Crippen MR) is 152 cm³/mol. The van der Waals surface area contributed by atoms with Crippen molar-refractivity contribution in [2.24, 2.45) is 5.41 Å². The first-order chi connectivity index (χ1) is 19.4. The number of aryl methyl sites for hydroxylation is 1. The van der Waals surface area contributed by atoms with Crippen molar-refractivity contribution >= 4 is 23.0 Å². The second-order valence-corrected chi connectivity index (χ2v) is 11.2. The minimum atomic E-state index is -0.426. The predicted octanol–water partition coefficient (Wildman–Crippen LogP) is 4.10. The van der Waals surface area contributed by atoms with Crippen molar-refractivity contribution in [3.05, 3.63) is 77.6 Å². The zero-order valence-electron chi connectivity index (χ0n) is 23.0. The Morgan fingerprint density at radius 2 is 1.93 bits per heavy atom.